The van der Waals surface area contributed by atoms with Crippen LogP contribution in [0.1, 0.15) is 26.7 Å². The van der Waals surface area contributed by atoms with Crippen LogP contribution in [0.3, 0.4) is 0 Å². The molecule has 0 spiro atoms. The Morgan fingerprint density at radius 3 is 2.58 bits per heavy atom. The van der Waals surface area contributed by atoms with E-state index in [1.807, 2.05) is 0 Å². The second-order valence-electron chi connectivity index (χ2n) is 6.11. The van der Waals surface area contributed by atoms with Crippen LogP contribution in [0.25, 0.3) is 17.2 Å². The van der Waals surface area contributed by atoms with Gasteiger partial charge in [0, 0.05) is 19.7 Å². The van der Waals surface area contributed by atoms with Crippen LogP contribution in [0.4, 0.5) is 0 Å². The molecule has 0 radical (unpaired) electrons. The Balaban J connectivity index is 1.78. The summed E-state index contributed by atoms with van der Waals surface area (Å²) in [6.07, 6.45) is 0. The van der Waals surface area contributed by atoms with Crippen molar-refractivity contribution < 1.29 is 14.7 Å². The minimum absolute atomic E-state index is 0.0800. The third-order valence-corrected chi connectivity index (χ3v) is 4.29. The molecule has 0 atom stereocenters. The van der Waals surface area contributed by atoms with E-state index in [4.69, 9.17) is 5.11 Å². The Morgan fingerprint density at radius 1 is 1.15 bits per heavy atom. The Morgan fingerprint density at radius 2 is 1.88 bits per heavy atom. The van der Waals surface area contributed by atoms with Gasteiger partial charge in [0.2, 0.25) is 0 Å². The number of carbonyl (C=O) groups excluding carboxylic acids is 1. The van der Waals surface area contributed by atoms with Crippen molar-refractivity contribution in [1.82, 2.24) is 29.4 Å². The van der Waals surface area contributed by atoms with E-state index in [1.165, 1.54) is 12.1 Å². The number of nitrogens with zero attached hydrogens (tertiary/aromatic N) is 6. The molecule has 3 heterocycles. The minimum atomic E-state index is -0.990. The van der Waals surface area contributed by atoms with E-state index < -0.39 is 5.97 Å². The number of benzene rings is 1. The van der Waals surface area contributed by atoms with Crippen LogP contribution in [-0.4, -0.2) is 60.0 Å². The van der Waals surface area contributed by atoms with Crippen molar-refractivity contribution in [1.29, 1.82) is 0 Å². The summed E-state index contributed by atoms with van der Waals surface area (Å²) in [6, 6.07) is 8.06. The van der Waals surface area contributed by atoms with Gasteiger partial charge < -0.3 is 10.0 Å². The standard InChI is InChI=1S/C17H16N6O3/c1-10-18-15(13-9-14-16(24)21(2)7-8-22(14)20-13)23(19-10)12-5-3-11(4-6-12)17(25)26/h3-6,9H,7-8H2,1-2H3,(H,25,26). The zero-order valence-electron chi connectivity index (χ0n) is 14.2. The van der Waals surface area contributed by atoms with Crippen molar-refractivity contribution in [2.45, 2.75) is 13.5 Å². The first-order valence-electron chi connectivity index (χ1n) is 8.05. The first-order chi connectivity index (χ1) is 12.4. The molecule has 1 N–H and O–H groups in total. The number of fused-ring (bicyclic) bond motifs is 1. The minimum Gasteiger partial charge on any atom is -0.478 e. The van der Waals surface area contributed by atoms with Gasteiger partial charge in [0.15, 0.2) is 5.82 Å². The summed E-state index contributed by atoms with van der Waals surface area (Å²) in [5, 5.41) is 17.9. The van der Waals surface area contributed by atoms with Crippen LogP contribution < -0.4 is 0 Å². The van der Waals surface area contributed by atoms with Gasteiger partial charge in [-0.3, -0.25) is 9.48 Å². The van der Waals surface area contributed by atoms with Gasteiger partial charge in [0.05, 0.1) is 17.8 Å². The van der Waals surface area contributed by atoms with Crippen LogP contribution in [0.15, 0.2) is 30.3 Å². The number of likely N-dealkylation sites (N-methyl/N-ethyl adjacent to an activating group) is 1. The molecule has 1 amide bonds. The van der Waals surface area contributed by atoms with Gasteiger partial charge in [-0.15, -0.1) is 0 Å². The highest BCUT2D eigenvalue weighted by Gasteiger charge is 2.26. The van der Waals surface area contributed by atoms with Gasteiger partial charge in [0.25, 0.3) is 5.91 Å². The average molecular weight is 352 g/mol. The smallest absolute Gasteiger partial charge is 0.335 e. The first-order valence-corrected chi connectivity index (χ1v) is 8.05. The molecular weight excluding hydrogens is 336 g/mol. The second-order valence-corrected chi connectivity index (χ2v) is 6.11. The molecule has 3 aromatic rings. The summed E-state index contributed by atoms with van der Waals surface area (Å²) in [5.74, 6) is -0.0146. The molecule has 0 unspecified atom stereocenters. The topological polar surface area (TPSA) is 106 Å². The summed E-state index contributed by atoms with van der Waals surface area (Å²) in [5.41, 5.74) is 1.92. The number of carbonyl (C=O) groups is 2. The number of rotatable bonds is 3. The maximum atomic E-state index is 12.3. The van der Waals surface area contributed by atoms with E-state index >= 15 is 0 Å². The second kappa shape index (κ2) is 5.80. The first kappa shape index (κ1) is 16.0. The van der Waals surface area contributed by atoms with Crippen molar-refractivity contribution in [2.75, 3.05) is 13.6 Å². The van der Waals surface area contributed by atoms with Gasteiger partial charge in [0.1, 0.15) is 17.2 Å². The summed E-state index contributed by atoms with van der Waals surface area (Å²) in [4.78, 5) is 29.4. The highest BCUT2D eigenvalue weighted by molar-refractivity contribution is 5.94. The molecule has 1 aliphatic heterocycles. The predicted octanol–water partition coefficient (Wildman–Crippen LogP) is 1.22. The maximum Gasteiger partial charge on any atom is 0.335 e. The van der Waals surface area contributed by atoms with Crippen LogP contribution in [-0.2, 0) is 6.54 Å². The van der Waals surface area contributed by atoms with E-state index in [0.717, 1.165) is 0 Å². The van der Waals surface area contributed by atoms with E-state index in [1.54, 1.807) is 46.4 Å². The van der Waals surface area contributed by atoms with E-state index in [-0.39, 0.29) is 11.5 Å². The van der Waals surface area contributed by atoms with Crippen LogP contribution in [0, 0.1) is 6.92 Å². The molecule has 0 fully saturated rings. The lowest BCUT2D eigenvalue weighted by Gasteiger charge is -2.22. The largest absolute Gasteiger partial charge is 0.478 e. The summed E-state index contributed by atoms with van der Waals surface area (Å²) in [6.45, 7) is 2.99. The Labute approximate surface area is 148 Å². The van der Waals surface area contributed by atoms with Gasteiger partial charge in [-0.05, 0) is 31.2 Å². The maximum absolute atomic E-state index is 12.3. The lowest BCUT2D eigenvalue weighted by molar-refractivity contribution is 0.0695. The van der Waals surface area contributed by atoms with Crippen molar-refractivity contribution in [3.8, 4) is 17.2 Å². The van der Waals surface area contributed by atoms with Crippen LogP contribution in [0.2, 0.25) is 0 Å². The number of aromatic nitrogens is 5. The molecule has 9 heteroatoms. The molecule has 1 aliphatic rings. The third-order valence-electron chi connectivity index (χ3n) is 4.29. The van der Waals surface area contributed by atoms with Crippen molar-refractivity contribution in [2.24, 2.45) is 0 Å². The zero-order chi connectivity index (χ0) is 18.4. The Hall–Kier alpha value is -3.49. The van der Waals surface area contributed by atoms with Crippen LogP contribution in [0.5, 0.6) is 0 Å². The Kier molecular flexibility index (Phi) is 3.57. The van der Waals surface area contributed by atoms with Crippen LogP contribution >= 0.6 is 0 Å². The monoisotopic (exact) mass is 352 g/mol. The summed E-state index contributed by atoms with van der Waals surface area (Å²) >= 11 is 0. The molecule has 0 aliphatic carbocycles. The highest BCUT2D eigenvalue weighted by atomic mass is 16.4. The van der Waals surface area contributed by atoms with E-state index in [9.17, 15) is 9.59 Å². The van der Waals surface area contributed by atoms with Gasteiger partial charge >= 0.3 is 5.97 Å². The zero-order valence-corrected chi connectivity index (χ0v) is 14.2. The predicted molar refractivity (Wildman–Crippen MR) is 91.2 cm³/mol. The molecule has 4 rings (SSSR count). The lowest BCUT2D eigenvalue weighted by Crippen LogP contribution is -2.37. The number of aryl methyl sites for hydroxylation is 1. The van der Waals surface area contributed by atoms with Crippen molar-refractivity contribution >= 4 is 11.9 Å². The average Bonchev–Trinajstić information content (AvgIpc) is 3.22. The molecule has 0 saturated carbocycles. The van der Waals surface area contributed by atoms with Gasteiger partial charge in [-0.1, -0.05) is 0 Å². The number of hydrogen-bond acceptors (Lipinski definition) is 5. The molecule has 132 valence electrons. The number of hydrogen-bond donors (Lipinski definition) is 1. The normalized spacial score (nSPS) is 13.8. The molecule has 2 aromatic heterocycles. The van der Waals surface area contributed by atoms with Crippen molar-refractivity contribution in [3.63, 3.8) is 0 Å². The van der Waals surface area contributed by atoms with E-state index in [0.29, 0.717) is 41.8 Å². The van der Waals surface area contributed by atoms with E-state index in [2.05, 4.69) is 15.2 Å². The number of carboxylic acid groups (broad SMARTS) is 1. The van der Waals surface area contributed by atoms with Gasteiger partial charge in [-0.2, -0.15) is 10.2 Å². The third kappa shape index (κ3) is 2.53. The molecular formula is C17H16N6O3. The summed E-state index contributed by atoms with van der Waals surface area (Å²) in [7, 11) is 1.76. The highest BCUT2D eigenvalue weighted by Crippen LogP contribution is 2.23. The fourth-order valence-corrected chi connectivity index (χ4v) is 2.92. The molecule has 26 heavy (non-hydrogen) atoms. The SMILES string of the molecule is Cc1nc(-c2cc3n(n2)CCN(C)C3=O)n(-c2ccc(C(=O)O)cc2)n1. The fraction of sp³-hybridized carbons (Fsp3) is 0.235. The Bertz CT molecular complexity index is 1020. The summed E-state index contributed by atoms with van der Waals surface area (Å²) < 4.78 is 3.28. The fourth-order valence-electron chi connectivity index (χ4n) is 2.92. The van der Waals surface area contributed by atoms with Gasteiger partial charge in [-0.25, -0.2) is 14.5 Å². The number of aromatic carboxylic acids is 1. The molecule has 0 bridgehead atoms. The lowest BCUT2D eigenvalue weighted by atomic mass is 10.2. The molecule has 9 nitrogen and oxygen atoms in total. The molecule has 1 aromatic carbocycles. The quantitative estimate of drug-likeness (QED) is 0.760. The molecule has 0 saturated heterocycles. The van der Waals surface area contributed by atoms with Crippen molar-refractivity contribution in [3.05, 3.63) is 47.4 Å². The number of amides is 1. The number of carboxylic acids is 1.